The number of unbranched alkanes of at least 4 members (excludes halogenated alkanes) is 1. The van der Waals surface area contributed by atoms with Gasteiger partial charge in [0.25, 0.3) is 0 Å². The van der Waals surface area contributed by atoms with Crippen molar-refractivity contribution in [2.75, 3.05) is 0 Å². The van der Waals surface area contributed by atoms with Crippen LogP contribution in [-0.2, 0) is 0 Å². The summed E-state index contributed by atoms with van der Waals surface area (Å²) in [7, 11) is 0. The van der Waals surface area contributed by atoms with Crippen LogP contribution in [0.3, 0.4) is 0 Å². The van der Waals surface area contributed by atoms with Crippen LogP contribution in [0.4, 0.5) is 5.69 Å². The molecular weight excluding hydrogens is 214 g/mol. The molecule has 17 heavy (non-hydrogen) atoms. The molecule has 0 saturated carbocycles. The molecule has 3 nitrogen and oxygen atoms in total. The average molecular weight is 233 g/mol. The second-order valence-corrected chi connectivity index (χ2v) is 4.22. The highest BCUT2D eigenvalue weighted by Gasteiger charge is 2.07. The molecule has 0 aliphatic rings. The Morgan fingerprint density at radius 3 is 2.82 bits per heavy atom. The van der Waals surface area contributed by atoms with Crippen molar-refractivity contribution in [1.29, 1.82) is 0 Å². The molecule has 0 amide bonds. The number of carboxylic acids is 1. The predicted octanol–water partition coefficient (Wildman–Crippen LogP) is 3.91. The largest absolute Gasteiger partial charge is 0.478 e. The SMILES string of the molecule is CCCCC(C)C=Nc1ccccc1C(=O)O. The smallest absolute Gasteiger partial charge is 0.337 e. The summed E-state index contributed by atoms with van der Waals surface area (Å²) in [6, 6.07) is 6.82. The number of carbonyl (C=O) groups is 1. The van der Waals surface area contributed by atoms with E-state index in [4.69, 9.17) is 5.11 Å². The van der Waals surface area contributed by atoms with Gasteiger partial charge in [0.1, 0.15) is 0 Å². The fourth-order valence-electron chi connectivity index (χ4n) is 1.58. The fraction of sp³-hybridized carbons (Fsp3) is 0.429. The van der Waals surface area contributed by atoms with Gasteiger partial charge in [-0.05, 0) is 24.5 Å². The quantitative estimate of drug-likeness (QED) is 0.757. The molecule has 0 bridgehead atoms. The van der Waals surface area contributed by atoms with Crippen molar-refractivity contribution in [2.45, 2.75) is 33.1 Å². The van der Waals surface area contributed by atoms with Gasteiger partial charge in [-0.15, -0.1) is 0 Å². The van der Waals surface area contributed by atoms with E-state index in [2.05, 4.69) is 18.8 Å². The minimum absolute atomic E-state index is 0.256. The average Bonchev–Trinajstić information content (AvgIpc) is 2.34. The Labute approximate surface area is 102 Å². The molecule has 1 atom stereocenters. The fourth-order valence-corrected chi connectivity index (χ4v) is 1.58. The van der Waals surface area contributed by atoms with E-state index >= 15 is 0 Å². The Hall–Kier alpha value is -1.64. The number of nitrogens with zero attached hydrogens (tertiary/aromatic N) is 1. The summed E-state index contributed by atoms with van der Waals surface area (Å²) >= 11 is 0. The van der Waals surface area contributed by atoms with Gasteiger partial charge in [-0.2, -0.15) is 0 Å². The van der Waals surface area contributed by atoms with E-state index in [0.717, 1.165) is 6.42 Å². The number of para-hydroxylation sites is 1. The molecule has 0 heterocycles. The van der Waals surface area contributed by atoms with Gasteiger partial charge in [0, 0.05) is 6.21 Å². The minimum Gasteiger partial charge on any atom is -0.478 e. The van der Waals surface area contributed by atoms with Gasteiger partial charge in [-0.1, -0.05) is 38.8 Å². The molecular formula is C14H19NO2. The van der Waals surface area contributed by atoms with Crippen LogP contribution >= 0.6 is 0 Å². The van der Waals surface area contributed by atoms with Crippen LogP contribution in [-0.4, -0.2) is 17.3 Å². The van der Waals surface area contributed by atoms with Gasteiger partial charge in [-0.3, -0.25) is 4.99 Å². The summed E-state index contributed by atoms with van der Waals surface area (Å²) in [5, 5.41) is 9.00. The van der Waals surface area contributed by atoms with Crippen molar-refractivity contribution >= 4 is 17.9 Å². The van der Waals surface area contributed by atoms with Crippen molar-refractivity contribution in [3.05, 3.63) is 29.8 Å². The van der Waals surface area contributed by atoms with Crippen molar-refractivity contribution in [1.82, 2.24) is 0 Å². The van der Waals surface area contributed by atoms with E-state index in [1.165, 1.54) is 12.8 Å². The lowest BCUT2D eigenvalue weighted by Crippen LogP contribution is -1.98. The molecule has 1 aromatic carbocycles. The molecule has 3 heteroatoms. The van der Waals surface area contributed by atoms with Gasteiger partial charge >= 0.3 is 5.97 Å². The molecule has 92 valence electrons. The number of hydrogen-bond acceptors (Lipinski definition) is 2. The molecule has 0 spiro atoms. The Morgan fingerprint density at radius 2 is 2.18 bits per heavy atom. The van der Waals surface area contributed by atoms with Crippen molar-refractivity contribution < 1.29 is 9.90 Å². The number of hydrogen-bond donors (Lipinski definition) is 1. The zero-order valence-electron chi connectivity index (χ0n) is 10.4. The van der Waals surface area contributed by atoms with Crippen LogP contribution in [0.25, 0.3) is 0 Å². The van der Waals surface area contributed by atoms with Crippen LogP contribution < -0.4 is 0 Å². The first-order valence-electron chi connectivity index (χ1n) is 6.01. The highest BCUT2D eigenvalue weighted by atomic mass is 16.4. The van der Waals surface area contributed by atoms with E-state index in [1.54, 1.807) is 24.3 Å². The lowest BCUT2D eigenvalue weighted by molar-refractivity contribution is 0.0698. The van der Waals surface area contributed by atoms with Crippen LogP contribution in [0.1, 0.15) is 43.5 Å². The summed E-state index contributed by atoms with van der Waals surface area (Å²) in [6.45, 7) is 4.26. The van der Waals surface area contributed by atoms with E-state index in [-0.39, 0.29) is 5.56 Å². The van der Waals surface area contributed by atoms with Crippen molar-refractivity contribution in [3.63, 3.8) is 0 Å². The highest BCUT2D eigenvalue weighted by molar-refractivity contribution is 5.94. The Balaban J connectivity index is 2.73. The standard InChI is InChI=1S/C14H19NO2/c1-3-4-7-11(2)10-15-13-9-6-5-8-12(13)14(16)17/h5-6,8-11H,3-4,7H2,1-2H3,(H,16,17). The van der Waals surface area contributed by atoms with Gasteiger partial charge in [0.2, 0.25) is 0 Å². The first kappa shape index (κ1) is 13.4. The van der Waals surface area contributed by atoms with Crippen molar-refractivity contribution in [2.24, 2.45) is 10.9 Å². The molecule has 0 aliphatic carbocycles. The van der Waals surface area contributed by atoms with Crippen LogP contribution in [0, 0.1) is 5.92 Å². The van der Waals surface area contributed by atoms with Crippen LogP contribution in [0.2, 0.25) is 0 Å². The van der Waals surface area contributed by atoms with Crippen molar-refractivity contribution in [3.8, 4) is 0 Å². The van der Waals surface area contributed by atoms with Gasteiger partial charge < -0.3 is 5.11 Å². The first-order valence-corrected chi connectivity index (χ1v) is 6.01. The lowest BCUT2D eigenvalue weighted by atomic mass is 10.1. The molecule has 0 aromatic heterocycles. The van der Waals surface area contributed by atoms with E-state index in [9.17, 15) is 4.79 Å². The van der Waals surface area contributed by atoms with Gasteiger partial charge in [-0.25, -0.2) is 4.79 Å². The van der Waals surface area contributed by atoms with Gasteiger partial charge in [0.15, 0.2) is 0 Å². The number of aliphatic imine (C=N–C) groups is 1. The predicted molar refractivity (Wildman–Crippen MR) is 70.2 cm³/mol. The molecule has 1 unspecified atom stereocenters. The molecule has 0 fully saturated rings. The number of aromatic carboxylic acids is 1. The summed E-state index contributed by atoms with van der Waals surface area (Å²) in [4.78, 5) is 15.2. The summed E-state index contributed by atoms with van der Waals surface area (Å²) in [5.41, 5.74) is 0.787. The third-order valence-corrected chi connectivity index (χ3v) is 2.62. The molecule has 1 N–H and O–H groups in total. The van der Waals surface area contributed by atoms with Gasteiger partial charge in [0.05, 0.1) is 11.3 Å². The summed E-state index contributed by atoms with van der Waals surface area (Å²) in [5.74, 6) is -0.546. The van der Waals surface area contributed by atoms with Crippen LogP contribution in [0.15, 0.2) is 29.3 Å². The third-order valence-electron chi connectivity index (χ3n) is 2.62. The second-order valence-electron chi connectivity index (χ2n) is 4.22. The zero-order chi connectivity index (χ0) is 12.7. The van der Waals surface area contributed by atoms with E-state index in [0.29, 0.717) is 11.6 Å². The number of rotatable bonds is 6. The first-order chi connectivity index (χ1) is 8.15. The monoisotopic (exact) mass is 233 g/mol. The Bertz CT molecular complexity index is 399. The maximum atomic E-state index is 11.0. The molecule has 0 aliphatic heterocycles. The van der Waals surface area contributed by atoms with E-state index in [1.807, 2.05) is 6.21 Å². The maximum Gasteiger partial charge on any atom is 0.337 e. The van der Waals surface area contributed by atoms with Crippen LogP contribution in [0.5, 0.6) is 0 Å². The lowest BCUT2D eigenvalue weighted by Gasteiger charge is -2.04. The summed E-state index contributed by atoms with van der Waals surface area (Å²) < 4.78 is 0. The highest BCUT2D eigenvalue weighted by Crippen LogP contribution is 2.19. The normalized spacial score (nSPS) is 12.8. The molecule has 0 saturated heterocycles. The maximum absolute atomic E-state index is 11.0. The van der Waals surface area contributed by atoms with E-state index < -0.39 is 5.97 Å². The topological polar surface area (TPSA) is 49.7 Å². The molecule has 0 radical (unpaired) electrons. The zero-order valence-corrected chi connectivity index (χ0v) is 10.4. The number of benzene rings is 1. The number of carboxylic acid groups (broad SMARTS) is 1. The molecule has 1 rings (SSSR count). The minimum atomic E-state index is -0.932. The Morgan fingerprint density at radius 1 is 1.47 bits per heavy atom. The summed E-state index contributed by atoms with van der Waals surface area (Å²) in [6.07, 6.45) is 5.28. The third kappa shape index (κ3) is 4.39. The Kier molecular flexibility index (Phi) is 5.40. The molecule has 1 aromatic rings. The second kappa shape index (κ2) is 6.84.